The van der Waals surface area contributed by atoms with Gasteiger partial charge in [0.15, 0.2) is 0 Å². The number of likely N-dealkylation sites (N-methyl/N-ethyl adjacent to an activating group) is 1. The summed E-state index contributed by atoms with van der Waals surface area (Å²) in [7, 11) is 3.60. The van der Waals surface area contributed by atoms with Crippen LogP contribution in [0.15, 0.2) is 24.3 Å². The minimum absolute atomic E-state index is 0.206. The Morgan fingerprint density at radius 1 is 1.30 bits per heavy atom. The standard InChI is InChI=1S/C17H25NO2/c1-13-7-9-15(10-8-13)18(2)17(19)12-14-5-4-6-16(11-14)20-3/h4-6,11,13,15H,7-10,12H2,1-3H3. The molecule has 1 saturated carbocycles. The van der Waals surface area contributed by atoms with E-state index in [0.717, 1.165) is 30.1 Å². The van der Waals surface area contributed by atoms with Crippen LogP contribution in [0.3, 0.4) is 0 Å². The summed E-state index contributed by atoms with van der Waals surface area (Å²) in [5.74, 6) is 1.83. The summed E-state index contributed by atoms with van der Waals surface area (Å²) in [5.41, 5.74) is 1.02. The fourth-order valence-corrected chi connectivity index (χ4v) is 2.92. The van der Waals surface area contributed by atoms with E-state index in [0.29, 0.717) is 12.5 Å². The number of amides is 1. The van der Waals surface area contributed by atoms with Crippen molar-refractivity contribution < 1.29 is 9.53 Å². The topological polar surface area (TPSA) is 29.5 Å². The molecule has 0 heterocycles. The number of rotatable bonds is 4. The number of ether oxygens (including phenoxy) is 1. The van der Waals surface area contributed by atoms with Crippen molar-refractivity contribution in [3.63, 3.8) is 0 Å². The molecule has 0 N–H and O–H groups in total. The van der Waals surface area contributed by atoms with Gasteiger partial charge in [-0.1, -0.05) is 19.1 Å². The first-order valence-electron chi connectivity index (χ1n) is 7.48. The summed E-state index contributed by atoms with van der Waals surface area (Å²) in [6.07, 6.45) is 5.21. The largest absolute Gasteiger partial charge is 0.497 e. The monoisotopic (exact) mass is 275 g/mol. The van der Waals surface area contributed by atoms with Crippen LogP contribution in [0.5, 0.6) is 5.75 Å². The van der Waals surface area contributed by atoms with Crippen molar-refractivity contribution in [1.29, 1.82) is 0 Å². The summed E-state index contributed by atoms with van der Waals surface area (Å²) < 4.78 is 5.20. The van der Waals surface area contributed by atoms with Gasteiger partial charge in [0, 0.05) is 13.1 Å². The molecule has 110 valence electrons. The second-order valence-corrected chi connectivity index (χ2v) is 5.95. The van der Waals surface area contributed by atoms with Gasteiger partial charge in [-0.25, -0.2) is 0 Å². The Bertz CT molecular complexity index is 450. The highest BCUT2D eigenvalue weighted by molar-refractivity contribution is 5.79. The second kappa shape index (κ2) is 6.78. The highest BCUT2D eigenvalue weighted by Crippen LogP contribution is 2.26. The summed E-state index contributed by atoms with van der Waals surface area (Å²) >= 11 is 0. The SMILES string of the molecule is COc1cccc(CC(=O)N(C)C2CCC(C)CC2)c1. The zero-order valence-electron chi connectivity index (χ0n) is 12.8. The van der Waals surface area contributed by atoms with E-state index in [2.05, 4.69) is 6.92 Å². The maximum atomic E-state index is 12.4. The predicted molar refractivity (Wildman–Crippen MR) is 80.9 cm³/mol. The lowest BCUT2D eigenvalue weighted by atomic mass is 9.86. The van der Waals surface area contributed by atoms with Gasteiger partial charge in [-0.15, -0.1) is 0 Å². The molecule has 0 aliphatic heterocycles. The molecule has 0 radical (unpaired) electrons. The third-order valence-electron chi connectivity index (χ3n) is 4.42. The average molecular weight is 275 g/mol. The van der Waals surface area contributed by atoms with Gasteiger partial charge in [0.25, 0.3) is 0 Å². The molecule has 1 fully saturated rings. The molecule has 1 aliphatic rings. The van der Waals surface area contributed by atoms with Crippen LogP contribution in [0, 0.1) is 5.92 Å². The number of methoxy groups -OCH3 is 1. The Morgan fingerprint density at radius 3 is 2.65 bits per heavy atom. The van der Waals surface area contributed by atoms with Crippen LogP contribution in [0.1, 0.15) is 38.2 Å². The van der Waals surface area contributed by atoms with Crippen LogP contribution in [0.4, 0.5) is 0 Å². The molecule has 0 unspecified atom stereocenters. The van der Waals surface area contributed by atoms with E-state index in [1.807, 2.05) is 36.2 Å². The molecular weight excluding hydrogens is 250 g/mol. The summed E-state index contributed by atoms with van der Waals surface area (Å²) in [6.45, 7) is 2.30. The molecule has 20 heavy (non-hydrogen) atoms. The van der Waals surface area contributed by atoms with Gasteiger partial charge < -0.3 is 9.64 Å². The second-order valence-electron chi connectivity index (χ2n) is 5.95. The zero-order valence-corrected chi connectivity index (χ0v) is 12.8. The molecule has 0 aromatic heterocycles. The van der Waals surface area contributed by atoms with Crippen LogP contribution in [0.25, 0.3) is 0 Å². The number of carbonyl (C=O) groups excluding carboxylic acids is 1. The average Bonchev–Trinajstić information content (AvgIpc) is 2.47. The number of nitrogens with zero attached hydrogens (tertiary/aromatic N) is 1. The van der Waals surface area contributed by atoms with E-state index < -0.39 is 0 Å². The normalized spacial score (nSPS) is 22.4. The van der Waals surface area contributed by atoms with Crippen LogP contribution in [-0.2, 0) is 11.2 Å². The molecule has 0 saturated heterocycles. The fourth-order valence-electron chi connectivity index (χ4n) is 2.92. The lowest BCUT2D eigenvalue weighted by molar-refractivity contribution is -0.132. The van der Waals surface area contributed by atoms with E-state index >= 15 is 0 Å². The van der Waals surface area contributed by atoms with Gasteiger partial charge in [-0.3, -0.25) is 4.79 Å². The molecule has 1 amide bonds. The van der Waals surface area contributed by atoms with Crippen LogP contribution in [-0.4, -0.2) is 31.0 Å². The van der Waals surface area contributed by atoms with Crippen LogP contribution >= 0.6 is 0 Å². The van der Waals surface area contributed by atoms with Gasteiger partial charge in [-0.2, -0.15) is 0 Å². The van der Waals surface area contributed by atoms with Crippen LogP contribution in [0.2, 0.25) is 0 Å². The molecule has 3 nitrogen and oxygen atoms in total. The highest BCUT2D eigenvalue weighted by Gasteiger charge is 2.24. The molecule has 3 heteroatoms. The van der Waals surface area contributed by atoms with Gasteiger partial charge in [0.2, 0.25) is 5.91 Å². The highest BCUT2D eigenvalue weighted by atomic mass is 16.5. The first-order chi connectivity index (χ1) is 9.60. The molecule has 0 bridgehead atoms. The third-order valence-corrected chi connectivity index (χ3v) is 4.42. The van der Waals surface area contributed by atoms with Crippen molar-refractivity contribution in [3.05, 3.63) is 29.8 Å². The number of hydrogen-bond donors (Lipinski definition) is 0. The van der Waals surface area contributed by atoms with Crippen molar-refractivity contribution in [2.24, 2.45) is 5.92 Å². The predicted octanol–water partition coefficient (Wildman–Crippen LogP) is 3.27. The fraction of sp³-hybridized carbons (Fsp3) is 0.588. The van der Waals surface area contributed by atoms with Gasteiger partial charge in [0.05, 0.1) is 13.5 Å². The summed E-state index contributed by atoms with van der Waals surface area (Å²) in [4.78, 5) is 14.3. The van der Waals surface area contributed by atoms with Gasteiger partial charge >= 0.3 is 0 Å². The Labute approximate surface area is 121 Å². The Balaban J connectivity index is 1.93. The maximum Gasteiger partial charge on any atom is 0.226 e. The number of hydrogen-bond acceptors (Lipinski definition) is 2. The summed E-state index contributed by atoms with van der Waals surface area (Å²) in [6, 6.07) is 8.18. The number of carbonyl (C=O) groups is 1. The molecule has 0 spiro atoms. The molecular formula is C17H25NO2. The molecule has 1 aromatic rings. The lowest BCUT2D eigenvalue weighted by Crippen LogP contribution is -2.40. The smallest absolute Gasteiger partial charge is 0.226 e. The Morgan fingerprint density at radius 2 is 2.00 bits per heavy atom. The Hall–Kier alpha value is -1.51. The molecule has 2 rings (SSSR count). The van der Waals surface area contributed by atoms with Crippen molar-refractivity contribution in [1.82, 2.24) is 4.90 Å². The van der Waals surface area contributed by atoms with E-state index in [1.54, 1.807) is 7.11 Å². The van der Waals surface area contributed by atoms with Crippen molar-refractivity contribution >= 4 is 5.91 Å². The first kappa shape index (κ1) is 14.9. The van der Waals surface area contributed by atoms with Crippen LogP contribution < -0.4 is 4.74 Å². The first-order valence-corrected chi connectivity index (χ1v) is 7.48. The Kier molecular flexibility index (Phi) is 5.05. The van der Waals surface area contributed by atoms with E-state index in [4.69, 9.17) is 4.74 Å². The van der Waals surface area contributed by atoms with E-state index in [-0.39, 0.29) is 5.91 Å². The zero-order chi connectivity index (χ0) is 14.5. The van der Waals surface area contributed by atoms with E-state index in [9.17, 15) is 4.79 Å². The third kappa shape index (κ3) is 3.75. The maximum absolute atomic E-state index is 12.4. The van der Waals surface area contributed by atoms with E-state index in [1.165, 1.54) is 12.8 Å². The lowest BCUT2D eigenvalue weighted by Gasteiger charge is -2.33. The molecule has 1 aliphatic carbocycles. The molecule has 1 aromatic carbocycles. The number of benzene rings is 1. The minimum Gasteiger partial charge on any atom is -0.497 e. The van der Waals surface area contributed by atoms with Crippen molar-refractivity contribution in [3.8, 4) is 5.75 Å². The quantitative estimate of drug-likeness (QED) is 0.844. The van der Waals surface area contributed by atoms with Gasteiger partial charge in [-0.05, 0) is 49.3 Å². The molecule has 0 atom stereocenters. The van der Waals surface area contributed by atoms with Gasteiger partial charge in [0.1, 0.15) is 5.75 Å². The minimum atomic E-state index is 0.206. The summed E-state index contributed by atoms with van der Waals surface area (Å²) in [5, 5.41) is 0. The van der Waals surface area contributed by atoms with Crippen molar-refractivity contribution in [2.45, 2.75) is 45.1 Å². The van der Waals surface area contributed by atoms with Crippen molar-refractivity contribution in [2.75, 3.05) is 14.2 Å².